The first kappa shape index (κ1) is 33.9. The third kappa shape index (κ3) is 8.83. The van der Waals surface area contributed by atoms with Gasteiger partial charge in [0.1, 0.15) is 12.6 Å². The fourth-order valence-electron chi connectivity index (χ4n) is 5.03. The van der Waals surface area contributed by atoms with E-state index in [1.807, 2.05) is 95.3 Å². The van der Waals surface area contributed by atoms with Crippen LogP contribution in [0.1, 0.15) is 43.0 Å². The standard InChI is InChI=1S/C36H40BrN3O4S/c1-26-13-12-18-32(27(26)2)40(45(43,44)31-16-10-7-11-17-31)25-34(41)39(24-29-19-21-30(37)22-20-29)33(35(42)38-36(3,4)5)23-28-14-8-6-9-15-28/h6-22,33H,23-25H2,1-5H3,(H,38,42). The Morgan fingerprint density at radius 1 is 0.800 bits per heavy atom. The predicted molar refractivity (Wildman–Crippen MR) is 183 cm³/mol. The summed E-state index contributed by atoms with van der Waals surface area (Å²) < 4.78 is 30.5. The summed E-state index contributed by atoms with van der Waals surface area (Å²) >= 11 is 3.47. The average molecular weight is 691 g/mol. The zero-order valence-electron chi connectivity index (χ0n) is 26.3. The minimum atomic E-state index is -4.15. The monoisotopic (exact) mass is 689 g/mol. The fraction of sp³-hybridized carbons (Fsp3) is 0.278. The number of halogens is 1. The summed E-state index contributed by atoms with van der Waals surface area (Å²) in [4.78, 5) is 30.2. The summed E-state index contributed by atoms with van der Waals surface area (Å²) in [7, 11) is -4.15. The van der Waals surface area contributed by atoms with Gasteiger partial charge in [-0.1, -0.05) is 88.7 Å². The molecule has 45 heavy (non-hydrogen) atoms. The van der Waals surface area contributed by atoms with E-state index in [9.17, 15) is 18.0 Å². The minimum absolute atomic E-state index is 0.0736. The third-order valence-electron chi connectivity index (χ3n) is 7.49. The molecule has 4 aromatic carbocycles. The van der Waals surface area contributed by atoms with Gasteiger partial charge in [0.05, 0.1) is 10.6 Å². The van der Waals surface area contributed by atoms with Crippen molar-refractivity contribution in [3.05, 3.63) is 130 Å². The smallest absolute Gasteiger partial charge is 0.264 e. The molecule has 0 fully saturated rings. The molecule has 0 aliphatic rings. The van der Waals surface area contributed by atoms with Crippen LogP contribution >= 0.6 is 15.9 Å². The van der Waals surface area contributed by atoms with Crippen molar-refractivity contribution in [3.8, 4) is 0 Å². The molecular formula is C36H40BrN3O4S. The predicted octanol–water partition coefficient (Wildman–Crippen LogP) is 6.82. The lowest BCUT2D eigenvalue weighted by Crippen LogP contribution is -2.56. The lowest BCUT2D eigenvalue weighted by molar-refractivity contribution is -0.140. The van der Waals surface area contributed by atoms with Crippen LogP contribution in [0, 0.1) is 13.8 Å². The van der Waals surface area contributed by atoms with Crippen LogP contribution in [0.5, 0.6) is 0 Å². The molecule has 1 unspecified atom stereocenters. The molecule has 2 amide bonds. The molecule has 4 aromatic rings. The van der Waals surface area contributed by atoms with Crippen molar-refractivity contribution in [1.82, 2.24) is 10.2 Å². The zero-order chi connectivity index (χ0) is 32.8. The highest BCUT2D eigenvalue weighted by atomic mass is 79.9. The lowest BCUT2D eigenvalue weighted by Gasteiger charge is -2.35. The second kappa shape index (κ2) is 14.4. The molecule has 1 N–H and O–H groups in total. The van der Waals surface area contributed by atoms with Crippen molar-refractivity contribution in [2.75, 3.05) is 10.8 Å². The van der Waals surface area contributed by atoms with Gasteiger partial charge in [-0.15, -0.1) is 0 Å². The Bertz CT molecular complexity index is 1720. The van der Waals surface area contributed by atoms with E-state index in [0.717, 1.165) is 26.7 Å². The Balaban J connectivity index is 1.84. The van der Waals surface area contributed by atoms with Gasteiger partial charge in [-0.25, -0.2) is 8.42 Å². The van der Waals surface area contributed by atoms with Crippen molar-refractivity contribution in [2.45, 2.75) is 64.1 Å². The number of hydrogen-bond donors (Lipinski definition) is 1. The maximum atomic E-state index is 14.6. The van der Waals surface area contributed by atoms with E-state index < -0.39 is 34.1 Å². The Morgan fingerprint density at radius 2 is 1.40 bits per heavy atom. The summed E-state index contributed by atoms with van der Waals surface area (Å²) in [6.45, 7) is 9.03. The first-order valence-corrected chi connectivity index (χ1v) is 17.0. The fourth-order valence-corrected chi connectivity index (χ4v) is 6.79. The number of carbonyl (C=O) groups is 2. The molecule has 0 bridgehead atoms. The van der Waals surface area contributed by atoms with E-state index in [2.05, 4.69) is 21.2 Å². The van der Waals surface area contributed by atoms with Gasteiger partial charge in [0.25, 0.3) is 10.0 Å². The van der Waals surface area contributed by atoms with Gasteiger partial charge in [0, 0.05) is 23.0 Å². The average Bonchev–Trinajstić information content (AvgIpc) is 3.00. The highest BCUT2D eigenvalue weighted by Gasteiger charge is 2.36. The molecule has 0 aliphatic carbocycles. The summed E-state index contributed by atoms with van der Waals surface area (Å²) in [5, 5.41) is 3.06. The van der Waals surface area contributed by atoms with Crippen LogP contribution < -0.4 is 9.62 Å². The van der Waals surface area contributed by atoms with Crippen molar-refractivity contribution in [1.29, 1.82) is 0 Å². The van der Waals surface area contributed by atoms with Gasteiger partial charge in [0.2, 0.25) is 11.8 Å². The first-order chi connectivity index (χ1) is 21.3. The third-order valence-corrected chi connectivity index (χ3v) is 9.79. The van der Waals surface area contributed by atoms with Gasteiger partial charge in [-0.3, -0.25) is 13.9 Å². The number of hydrogen-bond acceptors (Lipinski definition) is 4. The molecule has 236 valence electrons. The summed E-state index contributed by atoms with van der Waals surface area (Å²) in [5.41, 5.74) is 3.18. The Morgan fingerprint density at radius 3 is 2.00 bits per heavy atom. The molecule has 4 rings (SSSR count). The van der Waals surface area contributed by atoms with Crippen molar-refractivity contribution < 1.29 is 18.0 Å². The normalized spacial score (nSPS) is 12.3. The molecule has 0 spiro atoms. The highest BCUT2D eigenvalue weighted by Crippen LogP contribution is 2.29. The van der Waals surface area contributed by atoms with Gasteiger partial charge in [-0.2, -0.15) is 0 Å². The van der Waals surface area contributed by atoms with E-state index in [-0.39, 0.29) is 23.8 Å². The zero-order valence-corrected chi connectivity index (χ0v) is 28.7. The van der Waals surface area contributed by atoms with E-state index in [4.69, 9.17) is 0 Å². The molecule has 7 nitrogen and oxygen atoms in total. The quantitative estimate of drug-likeness (QED) is 0.187. The second-order valence-corrected chi connectivity index (χ2v) is 14.9. The van der Waals surface area contributed by atoms with Crippen LogP contribution in [-0.4, -0.2) is 43.3 Å². The van der Waals surface area contributed by atoms with Crippen LogP contribution in [-0.2, 0) is 32.6 Å². The number of anilines is 1. The maximum absolute atomic E-state index is 14.6. The Hall–Kier alpha value is -3.95. The maximum Gasteiger partial charge on any atom is 0.264 e. The Kier molecular flexibility index (Phi) is 10.9. The van der Waals surface area contributed by atoms with Crippen LogP contribution in [0.2, 0.25) is 0 Å². The highest BCUT2D eigenvalue weighted by molar-refractivity contribution is 9.10. The molecule has 0 aliphatic heterocycles. The lowest BCUT2D eigenvalue weighted by atomic mass is 10.0. The van der Waals surface area contributed by atoms with Gasteiger partial charge in [-0.05, 0) is 87.2 Å². The number of nitrogens with zero attached hydrogens (tertiary/aromatic N) is 2. The van der Waals surface area contributed by atoms with E-state index in [0.29, 0.717) is 5.69 Å². The number of sulfonamides is 1. The van der Waals surface area contributed by atoms with E-state index in [1.165, 1.54) is 21.3 Å². The number of rotatable bonds is 11. The summed E-state index contributed by atoms with van der Waals surface area (Å²) in [6.07, 6.45) is 0.250. The number of amides is 2. The SMILES string of the molecule is Cc1cccc(N(CC(=O)N(Cc2ccc(Br)cc2)C(Cc2ccccc2)C(=O)NC(C)(C)C)S(=O)(=O)c2ccccc2)c1C. The molecule has 1 atom stereocenters. The molecule has 0 saturated carbocycles. The molecule has 0 saturated heterocycles. The molecule has 0 heterocycles. The van der Waals surface area contributed by atoms with E-state index in [1.54, 1.807) is 30.3 Å². The topological polar surface area (TPSA) is 86.8 Å². The molecular weight excluding hydrogens is 650 g/mol. The number of benzene rings is 4. The first-order valence-electron chi connectivity index (χ1n) is 14.8. The largest absolute Gasteiger partial charge is 0.350 e. The van der Waals surface area contributed by atoms with Crippen LogP contribution in [0.4, 0.5) is 5.69 Å². The van der Waals surface area contributed by atoms with Crippen LogP contribution in [0.25, 0.3) is 0 Å². The van der Waals surface area contributed by atoms with E-state index >= 15 is 0 Å². The van der Waals surface area contributed by atoms with Crippen LogP contribution in [0.15, 0.2) is 112 Å². The molecule has 9 heteroatoms. The minimum Gasteiger partial charge on any atom is -0.350 e. The second-order valence-electron chi connectivity index (χ2n) is 12.1. The Labute approximate surface area is 275 Å². The van der Waals surface area contributed by atoms with Crippen molar-refractivity contribution >= 4 is 43.5 Å². The van der Waals surface area contributed by atoms with Gasteiger partial charge in [0.15, 0.2) is 0 Å². The van der Waals surface area contributed by atoms with Crippen molar-refractivity contribution in [3.63, 3.8) is 0 Å². The van der Waals surface area contributed by atoms with Crippen molar-refractivity contribution in [2.24, 2.45) is 0 Å². The molecule has 0 aromatic heterocycles. The van der Waals surface area contributed by atoms with Crippen LogP contribution in [0.3, 0.4) is 0 Å². The summed E-state index contributed by atoms with van der Waals surface area (Å²) in [6, 6.07) is 29.6. The van der Waals surface area contributed by atoms with Gasteiger partial charge < -0.3 is 10.2 Å². The number of nitrogens with one attached hydrogen (secondary N) is 1. The summed E-state index contributed by atoms with van der Waals surface area (Å²) in [5.74, 6) is -0.815. The van der Waals surface area contributed by atoms with Gasteiger partial charge >= 0.3 is 0 Å². The number of carbonyl (C=O) groups excluding carboxylic acids is 2. The number of aryl methyl sites for hydroxylation is 1. The molecule has 0 radical (unpaired) electrons.